The third-order valence-electron chi connectivity index (χ3n) is 4.24. The second kappa shape index (κ2) is 4.85. The highest BCUT2D eigenvalue weighted by atomic mass is 16.5. The Labute approximate surface area is 106 Å². The molecule has 18 heavy (non-hydrogen) atoms. The van der Waals surface area contributed by atoms with Gasteiger partial charge in [0, 0.05) is 19.1 Å². The minimum Gasteiger partial charge on any atom is -0.481 e. The van der Waals surface area contributed by atoms with Crippen LogP contribution in [0.1, 0.15) is 19.8 Å². The van der Waals surface area contributed by atoms with Crippen molar-refractivity contribution in [3.63, 3.8) is 0 Å². The van der Waals surface area contributed by atoms with E-state index in [1.165, 1.54) is 0 Å². The first-order chi connectivity index (χ1) is 8.50. The fourth-order valence-electron chi connectivity index (χ4n) is 2.73. The molecule has 2 aliphatic heterocycles. The summed E-state index contributed by atoms with van der Waals surface area (Å²) >= 11 is 0. The minimum absolute atomic E-state index is 0.0587. The number of hydrogen-bond acceptors (Lipinski definition) is 4. The Morgan fingerprint density at radius 1 is 1.50 bits per heavy atom. The number of hydrogen-bond donors (Lipinski definition) is 2. The van der Waals surface area contributed by atoms with Gasteiger partial charge in [0.2, 0.25) is 5.91 Å². The van der Waals surface area contributed by atoms with Gasteiger partial charge in [0.15, 0.2) is 0 Å². The standard InChI is InChI=1S/C12H20N2O4/c1-2-12(11(16)17)3-4-14(7-12)10(15)8-5-18-6-9(8)13/h8-9H,2-7,13H2,1H3,(H,16,17). The Hall–Kier alpha value is -1.14. The first kappa shape index (κ1) is 13.3. The molecule has 0 aliphatic carbocycles. The van der Waals surface area contributed by atoms with Crippen LogP contribution in [0.3, 0.4) is 0 Å². The largest absolute Gasteiger partial charge is 0.481 e. The summed E-state index contributed by atoms with van der Waals surface area (Å²) in [6.07, 6.45) is 1.06. The van der Waals surface area contributed by atoms with E-state index in [-0.39, 0.29) is 17.9 Å². The van der Waals surface area contributed by atoms with E-state index in [4.69, 9.17) is 10.5 Å². The van der Waals surface area contributed by atoms with E-state index in [0.717, 1.165) is 0 Å². The van der Waals surface area contributed by atoms with Crippen molar-refractivity contribution >= 4 is 11.9 Å². The Morgan fingerprint density at radius 2 is 2.22 bits per heavy atom. The molecule has 1 amide bonds. The smallest absolute Gasteiger partial charge is 0.311 e. The highest BCUT2D eigenvalue weighted by Crippen LogP contribution is 2.35. The number of ether oxygens (including phenoxy) is 1. The number of amides is 1. The lowest BCUT2D eigenvalue weighted by molar-refractivity contribution is -0.149. The van der Waals surface area contributed by atoms with Gasteiger partial charge in [0.1, 0.15) is 0 Å². The van der Waals surface area contributed by atoms with Crippen LogP contribution in [-0.2, 0) is 14.3 Å². The van der Waals surface area contributed by atoms with Crippen LogP contribution in [0.5, 0.6) is 0 Å². The molecular weight excluding hydrogens is 236 g/mol. The SMILES string of the molecule is CCC1(C(=O)O)CCN(C(=O)C2COCC2N)C1. The topological polar surface area (TPSA) is 92.9 Å². The van der Waals surface area contributed by atoms with Crippen molar-refractivity contribution in [2.75, 3.05) is 26.3 Å². The molecule has 2 heterocycles. The fourth-order valence-corrected chi connectivity index (χ4v) is 2.73. The van der Waals surface area contributed by atoms with Crippen molar-refractivity contribution in [3.05, 3.63) is 0 Å². The van der Waals surface area contributed by atoms with E-state index in [1.54, 1.807) is 4.90 Å². The molecule has 2 aliphatic rings. The summed E-state index contributed by atoms with van der Waals surface area (Å²) < 4.78 is 5.19. The molecule has 3 atom stereocenters. The number of likely N-dealkylation sites (tertiary alicyclic amines) is 1. The lowest BCUT2D eigenvalue weighted by Crippen LogP contribution is -2.44. The maximum Gasteiger partial charge on any atom is 0.311 e. The Bertz CT molecular complexity index is 360. The first-order valence-corrected chi connectivity index (χ1v) is 6.35. The van der Waals surface area contributed by atoms with Crippen molar-refractivity contribution < 1.29 is 19.4 Å². The molecule has 0 saturated carbocycles. The molecule has 3 unspecified atom stereocenters. The average Bonchev–Trinajstić information content (AvgIpc) is 2.95. The lowest BCUT2D eigenvalue weighted by atomic mass is 9.84. The predicted octanol–water partition coefficient (Wildman–Crippen LogP) is -0.327. The summed E-state index contributed by atoms with van der Waals surface area (Å²) in [5.74, 6) is -1.18. The van der Waals surface area contributed by atoms with Crippen molar-refractivity contribution in [2.24, 2.45) is 17.1 Å². The number of aliphatic carboxylic acids is 1. The molecule has 0 spiro atoms. The highest BCUT2D eigenvalue weighted by Gasteiger charge is 2.46. The van der Waals surface area contributed by atoms with E-state index in [0.29, 0.717) is 39.1 Å². The number of carbonyl (C=O) groups is 2. The Kier molecular flexibility index (Phi) is 3.59. The molecule has 0 aromatic carbocycles. The molecular formula is C12H20N2O4. The molecule has 6 nitrogen and oxygen atoms in total. The number of carboxylic acid groups (broad SMARTS) is 1. The Balaban J connectivity index is 2.04. The van der Waals surface area contributed by atoms with Gasteiger partial charge in [-0.05, 0) is 12.8 Å². The van der Waals surface area contributed by atoms with Crippen LogP contribution < -0.4 is 5.73 Å². The molecule has 2 rings (SSSR count). The quantitative estimate of drug-likeness (QED) is 0.721. The zero-order chi connectivity index (χ0) is 13.3. The van der Waals surface area contributed by atoms with Gasteiger partial charge in [-0.15, -0.1) is 0 Å². The molecule has 0 aromatic rings. The molecule has 0 aromatic heterocycles. The predicted molar refractivity (Wildman–Crippen MR) is 63.8 cm³/mol. The molecule has 6 heteroatoms. The van der Waals surface area contributed by atoms with Gasteiger partial charge < -0.3 is 20.5 Å². The first-order valence-electron chi connectivity index (χ1n) is 6.35. The van der Waals surface area contributed by atoms with E-state index in [9.17, 15) is 14.7 Å². The summed E-state index contributed by atoms with van der Waals surface area (Å²) in [6, 6.07) is -0.265. The van der Waals surface area contributed by atoms with Crippen LogP contribution in [0.15, 0.2) is 0 Å². The van der Waals surface area contributed by atoms with Gasteiger partial charge in [-0.2, -0.15) is 0 Å². The number of rotatable bonds is 3. The van der Waals surface area contributed by atoms with Gasteiger partial charge >= 0.3 is 5.97 Å². The summed E-state index contributed by atoms with van der Waals surface area (Å²) in [4.78, 5) is 25.2. The normalized spacial score (nSPS) is 36.0. The number of nitrogens with zero attached hydrogens (tertiary/aromatic N) is 1. The third-order valence-corrected chi connectivity index (χ3v) is 4.24. The molecule has 0 radical (unpaired) electrons. The summed E-state index contributed by atoms with van der Waals surface area (Å²) in [6.45, 7) is 3.40. The van der Waals surface area contributed by atoms with Gasteiger partial charge in [-0.25, -0.2) is 0 Å². The van der Waals surface area contributed by atoms with Crippen LogP contribution in [0.2, 0.25) is 0 Å². The van der Waals surface area contributed by atoms with Crippen molar-refractivity contribution in [1.82, 2.24) is 4.90 Å². The maximum absolute atomic E-state index is 12.3. The van der Waals surface area contributed by atoms with Crippen LogP contribution in [-0.4, -0.2) is 54.2 Å². The van der Waals surface area contributed by atoms with Gasteiger partial charge in [0.05, 0.1) is 24.5 Å². The number of carbonyl (C=O) groups excluding carboxylic acids is 1. The van der Waals surface area contributed by atoms with Crippen molar-refractivity contribution in [3.8, 4) is 0 Å². The van der Waals surface area contributed by atoms with E-state index in [2.05, 4.69) is 0 Å². The van der Waals surface area contributed by atoms with Gasteiger partial charge in [0.25, 0.3) is 0 Å². The second-order valence-electron chi connectivity index (χ2n) is 5.26. The zero-order valence-corrected chi connectivity index (χ0v) is 10.6. The van der Waals surface area contributed by atoms with Crippen LogP contribution in [0.4, 0.5) is 0 Å². The molecule has 2 saturated heterocycles. The number of nitrogens with two attached hydrogens (primary N) is 1. The third kappa shape index (κ3) is 2.10. The second-order valence-corrected chi connectivity index (χ2v) is 5.26. The van der Waals surface area contributed by atoms with Crippen LogP contribution in [0.25, 0.3) is 0 Å². The fraction of sp³-hybridized carbons (Fsp3) is 0.833. The lowest BCUT2D eigenvalue weighted by Gasteiger charge is -2.25. The van der Waals surface area contributed by atoms with Crippen LogP contribution in [0, 0.1) is 11.3 Å². The highest BCUT2D eigenvalue weighted by molar-refractivity contribution is 5.83. The van der Waals surface area contributed by atoms with Crippen molar-refractivity contribution in [2.45, 2.75) is 25.8 Å². The van der Waals surface area contributed by atoms with Gasteiger partial charge in [-0.1, -0.05) is 6.92 Å². The average molecular weight is 256 g/mol. The van der Waals surface area contributed by atoms with Crippen molar-refractivity contribution in [1.29, 1.82) is 0 Å². The molecule has 102 valence electrons. The van der Waals surface area contributed by atoms with E-state index < -0.39 is 11.4 Å². The summed E-state index contributed by atoms with van der Waals surface area (Å²) in [7, 11) is 0. The monoisotopic (exact) mass is 256 g/mol. The van der Waals surface area contributed by atoms with Crippen LogP contribution >= 0.6 is 0 Å². The van der Waals surface area contributed by atoms with E-state index >= 15 is 0 Å². The molecule has 2 fully saturated rings. The number of carboxylic acids is 1. The summed E-state index contributed by atoms with van der Waals surface area (Å²) in [5.41, 5.74) is 5.04. The zero-order valence-electron chi connectivity index (χ0n) is 10.6. The van der Waals surface area contributed by atoms with E-state index in [1.807, 2.05) is 6.92 Å². The van der Waals surface area contributed by atoms with Gasteiger partial charge in [-0.3, -0.25) is 9.59 Å². The molecule has 0 bridgehead atoms. The molecule has 3 N–H and O–H groups in total. The Morgan fingerprint density at radius 3 is 2.67 bits per heavy atom. The summed E-state index contributed by atoms with van der Waals surface area (Å²) in [5, 5.41) is 9.29. The minimum atomic E-state index is -0.813. The maximum atomic E-state index is 12.3.